The average Bonchev–Trinajstić information content (AvgIpc) is 2.96. The third kappa shape index (κ3) is 2.65. The van der Waals surface area contributed by atoms with Crippen molar-refractivity contribution in [1.29, 1.82) is 0 Å². The van der Waals surface area contributed by atoms with Crippen LogP contribution in [-0.4, -0.2) is 26.7 Å². The zero-order chi connectivity index (χ0) is 14.7. The summed E-state index contributed by atoms with van der Waals surface area (Å²) < 4.78 is 2.01. The van der Waals surface area contributed by atoms with Gasteiger partial charge in [-0.1, -0.05) is 24.3 Å². The smallest absolute Gasteiger partial charge is 0.254 e. The average molecular weight is 279 g/mol. The van der Waals surface area contributed by atoms with E-state index in [9.17, 15) is 4.79 Å². The maximum atomic E-state index is 12.5. The van der Waals surface area contributed by atoms with Crippen LogP contribution in [0.2, 0.25) is 0 Å². The number of aromatic nitrogens is 2. The molecule has 0 aliphatic carbocycles. The van der Waals surface area contributed by atoms with E-state index in [4.69, 9.17) is 0 Å². The first-order chi connectivity index (χ1) is 10.3. The Hall–Kier alpha value is -2.62. The van der Waals surface area contributed by atoms with Gasteiger partial charge >= 0.3 is 0 Å². The molecule has 0 atom stereocenters. The fourth-order valence-electron chi connectivity index (χ4n) is 2.39. The molecule has 1 aromatic carbocycles. The highest BCUT2D eigenvalue weighted by atomic mass is 16.2. The predicted molar refractivity (Wildman–Crippen MR) is 82.0 cm³/mol. The molecule has 3 rings (SSSR count). The van der Waals surface area contributed by atoms with Crippen molar-refractivity contribution in [2.24, 2.45) is 0 Å². The first-order valence-electron chi connectivity index (χ1n) is 7.05. The Balaban J connectivity index is 1.86. The fourth-order valence-corrected chi connectivity index (χ4v) is 2.39. The highest BCUT2D eigenvalue weighted by molar-refractivity contribution is 5.94. The number of fused-ring (bicyclic) bond motifs is 1. The molecule has 4 nitrogen and oxygen atoms in total. The largest absolute Gasteiger partial charge is 0.333 e. The van der Waals surface area contributed by atoms with Crippen molar-refractivity contribution in [3.05, 3.63) is 72.2 Å². The Morgan fingerprint density at radius 1 is 1.14 bits per heavy atom. The number of hydrogen-bond acceptors (Lipinski definition) is 2. The van der Waals surface area contributed by atoms with Crippen LogP contribution < -0.4 is 0 Å². The molecule has 0 unspecified atom stereocenters. The van der Waals surface area contributed by atoms with Gasteiger partial charge in [0.25, 0.3) is 5.91 Å². The van der Waals surface area contributed by atoms with Crippen LogP contribution in [0.1, 0.15) is 23.0 Å². The number of benzene rings is 1. The zero-order valence-corrected chi connectivity index (χ0v) is 11.9. The van der Waals surface area contributed by atoms with Crippen LogP contribution in [0.5, 0.6) is 0 Å². The predicted octanol–water partition coefficient (Wildman–Crippen LogP) is 3.00. The van der Waals surface area contributed by atoms with Crippen LogP contribution in [0.15, 0.2) is 60.9 Å². The third-order valence-corrected chi connectivity index (χ3v) is 3.54. The summed E-state index contributed by atoms with van der Waals surface area (Å²) in [6.07, 6.45) is 3.80. The Morgan fingerprint density at radius 3 is 2.67 bits per heavy atom. The Labute approximate surface area is 123 Å². The molecule has 0 aliphatic heterocycles. The second kappa shape index (κ2) is 5.79. The Kier molecular flexibility index (Phi) is 3.69. The molecule has 0 fully saturated rings. The van der Waals surface area contributed by atoms with Crippen molar-refractivity contribution < 1.29 is 4.79 Å². The van der Waals surface area contributed by atoms with Gasteiger partial charge in [0.2, 0.25) is 0 Å². The molecule has 0 N–H and O–H groups in total. The lowest BCUT2D eigenvalue weighted by molar-refractivity contribution is 0.0750. The normalized spacial score (nSPS) is 10.7. The molecule has 0 saturated heterocycles. The molecular formula is C17H17N3O. The van der Waals surface area contributed by atoms with E-state index in [1.165, 1.54) is 0 Å². The second-order valence-corrected chi connectivity index (χ2v) is 4.86. The minimum absolute atomic E-state index is 0.0454. The van der Waals surface area contributed by atoms with Gasteiger partial charge in [0.05, 0.1) is 18.4 Å². The number of nitrogens with zero attached hydrogens (tertiary/aromatic N) is 3. The van der Waals surface area contributed by atoms with Crippen LogP contribution in [0.25, 0.3) is 5.65 Å². The molecule has 0 spiro atoms. The van der Waals surface area contributed by atoms with Crippen molar-refractivity contribution >= 4 is 11.6 Å². The van der Waals surface area contributed by atoms with Crippen molar-refractivity contribution in [2.45, 2.75) is 13.5 Å². The van der Waals surface area contributed by atoms with Crippen molar-refractivity contribution in [1.82, 2.24) is 14.3 Å². The van der Waals surface area contributed by atoms with E-state index in [2.05, 4.69) is 4.98 Å². The van der Waals surface area contributed by atoms with E-state index >= 15 is 0 Å². The number of rotatable bonds is 4. The Morgan fingerprint density at radius 2 is 1.90 bits per heavy atom. The first kappa shape index (κ1) is 13.4. The van der Waals surface area contributed by atoms with Gasteiger partial charge in [-0.2, -0.15) is 0 Å². The third-order valence-electron chi connectivity index (χ3n) is 3.54. The van der Waals surface area contributed by atoms with Crippen LogP contribution in [0.3, 0.4) is 0 Å². The van der Waals surface area contributed by atoms with E-state index in [-0.39, 0.29) is 5.91 Å². The van der Waals surface area contributed by atoms with Gasteiger partial charge in [0, 0.05) is 18.3 Å². The van der Waals surface area contributed by atoms with Gasteiger partial charge in [0.1, 0.15) is 5.65 Å². The van der Waals surface area contributed by atoms with Crippen LogP contribution in [-0.2, 0) is 6.54 Å². The van der Waals surface area contributed by atoms with E-state index in [0.717, 1.165) is 11.3 Å². The van der Waals surface area contributed by atoms with E-state index in [0.29, 0.717) is 18.7 Å². The van der Waals surface area contributed by atoms with Gasteiger partial charge in [0.15, 0.2) is 0 Å². The molecule has 1 amide bonds. The lowest BCUT2D eigenvalue weighted by Crippen LogP contribution is -2.30. The standard InChI is InChI=1S/C17H17N3O/c1-2-19(17(21)14-8-4-3-5-9-14)13-15-12-18-16-10-6-7-11-20(15)16/h3-12H,2,13H2,1H3. The molecule has 3 aromatic rings. The maximum Gasteiger partial charge on any atom is 0.254 e. The molecule has 21 heavy (non-hydrogen) atoms. The van der Waals surface area contributed by atoms with Crippen molar-refractivity contribution in [2.75, 3.05) is 6.54 Å². The lowest BCUT2D eigenvalue weighted by atomic mass is 10.2. The molecule has 4 heteroatoms. The number of hydrogen-bond donors (Lipinski definition) is 0. The highest BCUT2D eigenvalue weighted by Crippen LogP contribution is 2.12. The van der Waals surface area contributed by atoms with Crippen LogP contribution in [0.4, 0.5) is 0 Å². The zero-order valence-electron chi connectivity index (χ0n) is 11.9. The summed E-state index contributed by atoms with van der Waals surface area (Å²) in [5.41, 5.74) is 2.63. The molecule has 106 valence electrons. The van der Waals surface area contributed by atoms with Gasteiger partial charge in [-0.05, 0) is 31.2 Å². The monoisotopic (exact) mass is 279 g/mol. The van der Waals surface area contributed by atoms with E-state index < -0.39 is 0 Å². The Bertz CT molecular complexity index is 749. The summed E-state index contributed by atoms with van der Waals surface area (Å²) in [4.78, 5) is 18.7. The SMILES string of the molecule is CCN(Cc1cnc2ccccn12)C(=O)c1ccccc1. The topological polar surface area (TPSA) is 37.6 Å². The van der Waals surface area contributed by atoms with Gasteiger partial charge < -0.3 is 9.30 Å². The number of imidazole rings is 1. The van der Waals surface area contributed by atoms with Gasteiger partial charge in [-0.25, -0.2) is 4.98 Å². The molecule has 0 bridgehead atoms. The maximum absolute atomic E-state index is 12.5. The van der Waals surface area contributed by atoms with Crippen LogP contribution in [0, 0.1) is 0 Å². The number of amides is 1. The molecule has 0 radical (unpaired) electrons. The minimum Gasteiger partial charge on any atom is -0.333 e. The summed E-state index contributed by atoms with van der Waals surface area (Å²) >= 11 is 0. The highest BCUT2D eigenvalue weighted by Gasteiger charge is 2.15. The summed E-state index contributed by atoms with van der Waals surface area (Å²) in [5, 5.41) is 0. The first-order valence-corrected chi connectivity index (χ1v) is 7.05. The number of pyridine rings is 1. The van der Waals surface area contributed by atoms with Crippen molar-refractivity contribution in [3.8, 4) is 0 Å². The summed E-state index contributed by atoms with van der Waals surface area (Å²) in [5.74, 6) is 0.0454. The molecule has 2 aromatic heterocycles. The number of carbonyl (C=O) groups excluding carboxylic acids is 1. The molecular weight excluding hydrogens is 262 g/mol. The second-order valence-electron chi connectivity index (χ2n) is 4.86. The molecule has 2 heterocycles. The minimum atomic E-state index is 0.0454. The lowest BCUT2D eigenvalue weighted by Gasteiger charge is -2.20. The van der Waals surface area contributed by atoms with Crippen LogP contribution >= 0.6 is 0 Å². The molecule has 0 aliphatic rings. The van der Waals surface area contributed by atoms with Crippen molar-refractivity contribution in [3.63, 3.8) is 0 Å². The van der Waals surface area contributed by atoms with E-state index in [1.807, 2.05) is 77.1 Å². The number of carbonyl (C=O) groups is 1. The quantitative estimate of drug-likeness (QED) is 0.736. The van der Waals surface area contributed by atoms with Gasteiger partial charge in [-0.3, -0.25) is 4.79 Å². The summed E-state index contributed by atoms with van der Waals surface area (Å²) in [6, 6.07) is 15.3. The summed E-state index contributed by atoms with van der Waals surface area (Å²) in [6.45, 7) is 3.20. The van der Waals surface area contributed by atoms with E-state index in [1.54, 1.807) is 0 Å². The van der Waals surface area contributed by atoms with Gasteiger partial charge in [-0.15, -0.1) is 0 Å². The summed E-state index contributed by atoms with van der Waals surface area (Å²) in [7, 11) is 0. The fraction of sp³-hybridized carbons (Fsp3) is 0.176. The molecule has 0 saturated carbocycles.